The molecule has 0 aromatic rings. The summed E-state index contributed by atoms with van der Waals surface area (Å²) < 4.78 is 0. The molecule has 17 heavy (non-hydrogen) atoms. The lowest BCUT2D eigenvalue weighted by Gasteiger charge is -2.33. The SMILES string of the molecule is CCCN1CCC[C@H](NC(=O)NC(C)(C)C)C1. The zero-order valence-electron chi connectivity index (χ0n) is 11.7. The largest absolute Gasteiger partial charge is 0.334 e. The van der Waals surface area contributed by atoms with Crippen molar-refractivity contribution >= 4 is 6.03 Å². The maximum Gasteiger partial charge on any atom is 0.315 e. The predicted octanol–water partition coefficient (Wildman–Crippen LogP) is 1.96. The first-order valence-electron chi connectivity index (χ1n) is 6.72. The van der Waals surface area contributed by atoms with Crippen molar-refractivity contribution in [3.05, 3.63) is 0 Å². The lowest BCUT2D eigenvalue weighted by molar-refractivity contribution is 0.183. The number of hydrogen-bond acceptors (Lipinski definition) is 2. The molecule has 1 aliphatic rings. The van der Waals surface area contributed by atoms with Gasteiger partial charge in [-0.3, -0.25) is 0 Å². The monoisotopic (exact) mass is 241 g/mol. The molecule has 1 saturated heterocycles. The van der Waals surface area contributed by atoms with Crippen LogP contribution in [0.5, 0.6) is 0 Å². The highest BCUT2D eigenvalue weighted by Crippen LogP contribution is 2.10. The average Bonchev–Trinajstić information content (AvgIpc) is 2.15. The van der Waals surface area contributed by atoms with Gasteiger partial charge in [0.2, 0.25) is 0 Å². The second-order valence-electron chi connectivity index (χ2n) is 5.99. The normalized spacial score (nSPS) is 22.2. The van der Waals surface area contributed by atoms with Crippen molar-refractivity contribution < 1.29 is 4.79 Å². The molecule has 0 aromatic heterocycles. The molecule has 0 aliphatic carbocycles. The first kappa shape index (κ1) is 14.3. The number of nitrogens with zero attached hydrogens (tertiary/aromatic N) is 1. The van der Waals surface area contributed by atoms with Crippen molar-refractivity contribution in [2.24, 2.45) is 0 Å². The van der Waals surface area contributed by atoms with Crippen LogP contribution in [-0.4, -0.2) is 42.1 Å². The smallest absolute Gasteiger partial charge is 0.315 e. The Bertz CT molecular complexity index is 246. The fraction of sp³-hybridized carbons (Fsp3) is 0.923. The number of rotatable bonds is 3. The molecule has 1 aliphatic heterocycles. The summed E-state index contributed by atoms with van der Waals surface area (Å²) in [5.41, 5.74) is -0.165. The van der Waals surface area contributed by atoms with Crippen LogP contribution in [0.4, 0.5) is 4.79 Å². The summed E-state index contributed by atoms with van der Waals surface area (Å²) in [4.78, 5) is 14.2. The predicted molar refractivity (Wildman–Crippen MR) is 71.2 cm³/mol. The van der Waals surface area contributed by atoms with Gasteiger partial charge in [0, 0.05) is 18.1 Å². The summed E-state index contributed by atoms with van der Waals surface area (Å²) in [7, 11) is 0. The van der Waals surface area contributed by atoms with Gasteiger partial charge >= 0.3 is 6.03 Å². The minimum atomic E-state index is -0.165. The summed E-state index contributed by atoms with van der Waals surface area (Å²) in [6.45, 7) is 11.5. The molecule has 4 nitrogen and oxygen atoms in total. The maximum absolute atomic E-state index is 11.8. The molecule has 0 bridgehead atoms. The van der Waals surface area contributed by atoms with Gasteiger partial charge in [0.1, 0.15) is 0 Å². The van der Waals surface area contributed by atoms with Gasteiger partial charge in [-0.15, -0.1) is 0 Å². The lowest BCUT2D eigenvalue weighted by atomic mass is 10.1. The average molecular weight is 241 g/mol. The number of nitrogens with one attached hydrogen (secondary N) is 2. The van der Waals surface area contributed by atoms with Crippen LogP contribution < -0.4 is 10.6 Å². The Balaban J connectivity index is 2.33. The third-order valence-electron chi connectivity index (χ3n) is 2.87. The fourth-order valence-corrected chi connectivity index (χ4v) is 2.25. The topological polar surface area (TPSA) is 44.4 Å². The molecule has 0 radical (unpaired) electrons. The quantitative estimate of drug-likeness (QED) is 0.793. The van der Waals surface area contributed by atoms with E-state index in [0.29, 0.717) is 6.04 Å². The van der Waals surface area contributed by atoms with E-state index in [9.17, 15) is 4.79 Å². The number of carbonyl (C=O) groups excluding carboxylic acids is 1. The number of amides is 2. The Labute approximate surface area is 105 Å². The van der Waals surface area contributed by atoms with Crippen LogP contribution in [-0.2, 0) is 0 Å². The Morgan fingerprint density at radius 3 is 2.71 bits per heavy atom. The van der Waals surface area contributed by atoms with Gasteiger partial charge in [-0.05, 0) is 53.1 Å². The van der Waals surface area contributed by atoms with E-state index in [1.54, 1.807) is 0 Å². The Kier molecular flexibility index (Phi) is 5.25. The minimum absolute atomic E-state index is 0.0409. The molecule has 0 unspecified atom stereocenters. The molecule has 100 valence electrons. The highest BCUT2D eigenvalue weighted by molar-refractivity contribution is 5.75. The van der Waals surface area contributed by atoms with Crippen molar-refractivity contribution in [2.45, 2.75) is 58.5 Å². The molecule has 0 saturated carbocycles. The maximum atomic E-state index is 11.8. The van der Waals surface area contributed by atoms with Crippen LogP contribution in [0, 0.1) is 0 Å². The van der Waals surface area contributed by atoms with E-state index < -0.39 is 0 Å². The van der Waals surface area contributed by atoms with Crippen molar-refractivity contribution in [1.29, 1.82) is 0 Å². The van der Waals surface area contributed by atoms with Gasteiger partial charge in [-0.1, -0.05) is 6.92 Å². The summed E-state index contributed by atoms with van der Waals surface area (Å²) in [5.74, 6) is 0. The molecule has 2 N–H and O–H groups in total. The molecule has 0 aromatic carbocycles. The van der Waals surface area contributed by atoms with Crippen LogP contribution in [0.2, 0.25) is 0 Å². The summed E-state index contributed by atoms with van der Waals surface area (Å²) in [6, 6.07) is 0.262. The van der Waals surface area contributed by atoms with Crippen molar-refractivity contribution in [3.8, 4) is 0 Å². The van der Waals surface area contributed by atoms with Gasteiger partial charge in [-0.25, -0.2) is 4.79 Å². The summed E-state index contributed by atoms with van der Waals surface area (Å²) in [6.07, 6.45) is 3.46. The summed E-state index contributed by atoms with van der Waals surface area (Å²) in [5, 5.41) is 6.02. The molecule has 0 spiro atoms. The van der Waals surface area contributed by atoms with Crippen LogP contribution in [0.1, 0.15) is 47.0 Å². The molecule has 1 rings (SSSR count). The third kappa shape index (κ3) is 5.91. The first-order valence-corrected chi connectivity index (χ1v) is 6.72. The number of hydrogen-bond donors (Lipinski definition) is 2. The Morgan fingerprint density at radius 2 is 2.12 bits per heavy atom. The van der Waals surface area contributed by atoms with Crippen LogP contribution >= 0.6 is 0 Å². The van der Waals surface area contributed by atoms with E-state index in [0.717, 1.165) is 19.5 Å². The van der Waals surface area contributed by atoms with Crippen LogP contribution in [0.3, 0.4) is 0 Å². The van der Waals surface area contributed by atoms with E-state index in [-0.39, 0.29) is 11.6 Å². The molecule has 2 amide bonds. The molecule has 1 atom stereocenters. The van der Waals surface area contributed by atoms with Crippen molar-refractivity contribution in [2.75, 3.05) is 19.6 Å². The minimum Gasteiger partial charge on any atom is -0.334 e. The van der Waals surface area contributed by atoms with E-state index in [1.807, 2.05) is 20.8 Å². The van der Waals surface area contributed by atoms with E-state index in [1.165, 1.54) is 19.4 Å². The van der Waals surface area contributed by atoms with Gasteiger partial charge in [0.25, 0.3) is 0 Å². The molecular formula is C13H27N3O. The lowest BCUT2D eigenvalue weighted by Crippen LogP contribution is -2.53. The van der Waals surface area contributed by atoms with Gasteiger partial charge in [-0.2, -0.15) is 0 Å². The standard InChI is InChI=1S/C13H27N3O/c1-5-8-16-9-6-7-11(10-16)14-12(17)15-13(2,3)4/h11H,5-10H2,1-4H3,(H2,14,15,17)/t11-/m0/s1. The molecule has 1 fully saturated rings. The fourth-order valence-electron chi connectivity index (χ4n) is 2.25. The molecule has 4 heteroatoms. The Hall–Kier alpha value is -0.770. The highest BCUT2D eigenvalue weighted by atomic mass is 16.2. The zero-order valence-corrected chi connectivity index (χ0v) is 11.7. The van der Waals surface area contributed by atoms with Gasteiger partial charge < -0.3 is 15.5 Å². The molecule has 1 heterocycles. The van der Waals surface area contributed by atoms with Gasteiger partial charge in [0.05, 0.1) is 0 Å². The van der Waals surface area contributed by atoms with E-state index in [2.05, 4.69) is 22.5 Å². The second-order valence-corrected chi connectivity index (χ2v) is 5.99. The number of urea groups is 1. The number of carbonyl (C=O) groups is 1. The number of piperidine rings is 1. The highest BCUT2D eigenvalue weighted by Gasteiger charge is 2.22. The third-order valence-corrected chi connectivity index (χ3v) is 2.87. The van der Waals surface area contributed by atoms with Gasteiger partial charge in [0.15, 0.2) is 0 Å². The van der Waals surface area contributed by atoms with Crippen LogP contribution in [0.25, 0.3) is 0 Å². The van der Waals surface area contributed by atoms with E-state index in [4.69, 9.17) is 0 Å². The molecular weight excluding hydrogens is 214 g/mol. The van der Waals surface area contributed by atoms with Crippen molar-refractivity contribution in [3.63, 3.8) is 0 Å². The Morgan fingerprint density at radius 1 is 1.41 bits per heavy atom. The second kappa shape index (κ2) is 6.24. The first-order chi connectivity index (χ1) is 7.90. The van der Waals surface area contributed by atoms with Crippen molar-refractivity contribution in [1.82, 2.24) is 15.5 Å². The number of likely N-dealkylation sites (tertiary alicyclic amines) is 1. The van der Waals surface area contributed by atoms with E-state index >= 15 is 0 Å². The zero-order chi connectivity index (χ0) is 12.9. The van der Waals surface area contributed by atoms with Crippen LogP contribution in [0.15, 0.2) is 0 Å². The summed E-state index contributed by atoms with van der Waals surface area (Å²) >= 11 is 0.